The summed E-state index contributed by atoms with van der Waals surface area (Å²) in [5, 5.41) is 19.2. The second-order valence-corrected chi connectivity index (χ2v) is 7.01. The minimum absolute atomic E-state index is 0.0480. The van der Waals surface area contributed by atoms with E-state index in [-0.39, 0.29) is 12.6 Å². The number of nitriles is 1. The Morgan fingerprint density at radius 3 is 2.62 bits per heavy atom. The number of rotatable bonds is 7. The van der Waals surface area contributed by atoms with Gasteiger partial charge in [0, 0.05) is 11.1 Å². The smallest absolute Gasteiger partial charge is 0.0991 e. The number of thioether (sulfide) groups is 1. The summed E-state index contributed by atoms with van der Waals surface area (Å²) in [6.45, 7) is 0.0517. The number of benzene rings is 2. The van der Waals surface area contributed by atoms with Crippen LogP contribution in [0.4, 0.5) is 0 Å². The van der Waals surface area contributed by atoms with Crippen LogP contribution in [0.15, 0.2) is 60.9 Å². The standard InChI is InChI=1S/C21H21N3OS/c1-26-11-10-19(14-25)24-15-23-20(17-7-3-2-4-8-17)21(24)18-9-5-6-16(12-18)13-22/h2-9,12,15,19,25H,10-11,14H2,1H3/t19-/m0/s1. The van der Waals surface area contributed by atoms with E-state index >= 15 is 0 Å². The van der Waals surface area contributed by atoms with Gasteiger partial charge in [0.2, 0.25) is 0 Å². The average Bonchev–Trinajstić information content (AvgIpc) is 3.14. The molecule has 0 amide bonds. The van der Waals surface area contributed by atoms with Crippen LogP contribution in [0.3, 0.4) is 0 Å². The molecule has 1 atom stereocenters. The van der Waals surface area contributed by atoms with E-state index in [0.29, 0.717) is 5.56 Å². The van der Waals surface area contributed by atoms with Gasteiger partial charge in [0.15, 0.2) is 0 Å². The molecule has 3 aromatic rings. The van der Waals surface area contributed by atoms with E-state index in [1.165, 1.54) is 0 Å². The van der Waals surface area contributed by atoms with Crippen molar-refractivity contribution in [2.75, 3.05) is 18.6 Å². The molecule has 0 saturated carbocycles. The SMILES string of the molecule is CSCC[C@@H](CO)n1cnc(-c2ccccc2)c1-c1cccc(C#N)c1. The maximum absolute atomic E-state index is 9.95. The Bertz CT molecular complexity index is 899. The van der Waals surface area contributed by atoms with Crippen LogP contribution in [-0.2, 0) is 0 Å². The predicted molar refractivity (Wildman–Crippen MR) is 107 cm³/mol. The normalized spacial score (nSPS) is 11.9. The molecule has 0 aliphatic carbocycles. The number of aromatic nitrogens is 2. The molecule has 0 unspecified atom stereocenters. The Morgan fingerprint density at radius 1 is 1.15 bits per heavy atom. The van der Waals surface area contributed by atoms with Gasteiger partial charge in [-0.1, -0.05) is 42.5 Å². The van der Waals surface area contributed by atoms with Crippen LogP contribution in [0.2, 0.25) is 0 Å². The summed E-state index contributed by atoms with van der Waals surface area (Å²) in [5.74, 6) is 0.960. The Hall–Kier alpha value is -2.55. The molecular formula is C21H21N3OS. The van der Waals surface area contributed by atoms with Gasteiger partial charge in [0.25, 0.3) is 0 Å². The summed E-state index contributed by atoms with van der Waals surface area (Å²) in [7, 11) is 0. The minimum Gasteiger partial charge on any atom is -0.394 e. The number of hydrogen-bond acceptors (Lipinski definition) is 4. The summed E-state index contributed by atoms with van der Waals surface area (Å²) < 4.78 is 2.05. The fourth-order valence-corrected chi connectivity index (χ4v) is 3.55. The molecule has 4 nitrogen and oxygen atoms in total. The summed E-state index contributed by atoms with van der Waals surface area (Å²) in [6.07, 6.45) is 4.72. The Labute approximate surface area is 158 Å². The molecule has 26 heavy (non-hydrogen) atoms. The fraction of sp³-hybridized carbons (Fsp3) is 0.238. The highest BCUT2D eigenvalue weighted by atomic mass is 32.2. The van der Waals surface area contributed by atoms with Crippen molar-refractivity contribution in [3.8, 4) is 28.6 Å². The molecule has 0 fully saturated rings. The first-order valence-corrected chi connectivity index (χ1v) is 9.90. The first-order chi connectivity index (χ1) is 12.8. The molecule has 0 radical (unpaired) electrons. The van der Waals surface area contributed by atoms with Gasteiger partial charge in [0.05, 0.1) is 42.0 Å². The Balaban J connectivity index is 2.16. The van der Waals surface area contributed by atoms with Crippen molar-refractivity contribution in [3.63, 3.8) is 0 Å². The van der Waals surface area contributed by atoms with Crippen LogP contribution in [0.25, 0.3) is 22.5 Å². The first kappa shape index (κ1) is 18.2. The second-order valence-electron chi connectivity index (χ2n) is 6.03. The summed E-state index contributed by atoms with van der Waals surface area (Å²) in [6, 6.07) is 19.7. The lowest BCUT2D eigenvalue weighted by molar-refractivity contribution is 0.226. The van der Waals surface area contributed by atoms with Crippen molar-refractivity contribution in [2.45, 2.75) is 12.5 Å². The van der Waals surface area contributed by atoms with Crippen molar-refractivity contribution < 1.29 is 5.11 Å². The molecule has 0 spiro atoms. The maximum atomic E-state index is 9.95. The number of hydrogen-bond donors (Lipinski definition) is 1. The molecule has 0 saturated heterocycles. The third kappa shape index (κ3) is 3.82. The number of aliphatic hydroxyl groups excluding tert-OH is 1. The van der Waals surface area contributed by atoms with Gasteiger partial charge in [-0.05, 0) is 30.6 Å². The molecule has 0 bridgehead atoms. The molecule has 3 rings (SSSR count). The lowest BCUT2D eigenvalue weighted by atomic mass is 10.0. The minimum atomic E-state index is -0.0480. The monoisotopic (exact) mass is 363 g/mol. The zero-order valence-corrected chi connectivity index (χ0v) is 15.5. The van der Waals surface area contributed by atoms with Crippen LogP contribution in [0, 0.1) is 11.3 Å². The van der Waals surface area contributed by atoms with Crippen molar-refractivity contribution in [2.24, 2.45) is 0 Å². The molecule has 1 N–H and O–H groups in total. The van der Waals surface area contributed by atoms with Crippen LogP contribution in [-0.4, -0.2) is 33.3 Å². The zero-order valence-electron chi connectivity index (χ0n) is 14.7. The molecule has 2 aromatic carbocycles. The van der Waals surface area contributed by atoms with Crippen LogP contribution >= 0.6 is 11.8 Å². The van der Waals surface area contributed by atoms with E-state index in [1.54, 1.807) is 24.2 Å². The van der Waals surface area contributed by atoms with E-state index in [9.17, 15) is 10.4 Å². The molecular weight excluding hydrogens is 342 g/mol. The fourth-order valence-electron chi connectivity index (χ4n) is 3.04. The number of aliphatic hydroxyl groups is 1. The molecule has 1 aromatic heterocycles. The van der Waals surface area contributed by atoms with Gasteiger partial charge in [-0.3, -0.25) is 0 Å². The lowest BCUT2D eigenvalue weighted by Gasteiger charge is -2.19. The molecule has 132 valence electrons. The highest BCUT2D eigenvalue weighted by molar-refractivity contribution is 7.98. The predicted octanol–water partition coefficient (Wildman–Crippen LogP) is 4.38. The van der Waals surface area contributed by atoms with E-state index in [0.717, 1.165) is 34.7 Å². The highest BCUT2D eigenvalue weighted by Crippen LogP contribution is 2.34. The Morgan fingerprint density at radius 2 is 1.92 bits per heavy atom. The number of imidazole rings is 1. The van der Waals surface area contributed by atoms with Crippen LogP contribution in [0.5, 0.6) is 0 Å². The van der Waals surface area contributed by atoms with Gasteiger partial charge in [-0.2, -0.15) is 17.0 Å². The summed E-state index contributed by atoms with van der Waals surface area (Å²) >= 11 is 1.76. The maximum Gasteiger partial charge on any atom is 0.0991 e. The van der Waals surface area contributed by atoms with E-state index < -0.39 is 0 Å². The van der Waals surface area contributed by atoms with Crippen molar-refractivity contribution in [3.05, 3.63) is 66.5 Å². The van der Waals surface area contributed by atoms with Gasteiger partial charge in [0.1, 0.15) is 0 Å². The van der Waals surface area contributed by atoms with Crippen molar-refractivity contribution in [1.82, 2.24) is 9.55 Å². The molecule has 1 heterocycles. The zero-order chi connectivity index (χ0) is 18.4. The van der Waals surface area contributed by atoms with Gasteiger partial charge in [-0.15, -0.1) is 0 Å². The largest absolute Gasteiger partial charge is 0.394 e. The number of nitrogens with zero attached hydrogens (tertiary/aromatic N) is 3. The summed E-state index contributed by atoms with van der Waals surface area (Å²) in [5.41, 5.74) is 4.36. The molecule has 0 aliphatic rings. The van der Waals surface area contributed by atoms with Crippen LogP contribution in [0.1, 0.15) is 18.0 Å². The Kier molecular flexibility index (Phi) is 6.11. The van der Waals surface area contributed by atoms with Crippen molar-refractivity contribution in [1.29, 1.82) is 5.26 Å². The van der Waals surface area contributed by atoms with E-state index in [1.807, 2.05) is 48.5 Å². The highest BCUT2D eigenvalue weighted by Gasteiger charge is 2.20. The van der Waals surface area contributed by atoms with E-state index in [4.69, 9.17) is 0 Å². The van der Waals surface area contributed by atoms with Gasteiger partial charge < -0.3 is 9.67 Å². The van der Waals surface area contributed by atoms with Crippen molar-refractivity contribution >= 4 is 11.8 Å². The summed E-state index contributed by atoms with van der Waals surface area (Å²) in [4.78, 5) is 4.66. The van der Waals surface area contributed by atoms with Gasteiger partial charge >= 0.3 is 0 Å². The third-order valence-corrected chi connectivity index (χ3v) is 5.01. The molecule has 5 heteroatoms. The molecule has 0 aliphatic heterocycles. The first-order valence-electron chi connectivity index (χ1n) is 8.51. The van der Waals surface area contributed by atoms with E-state index in [2.05, 4.69) is 21.9 Å². The topological polar surface area (TPSA) is 61.8 Å². The van der Waals surface area contributed by atoms with Gasteiger partial charge in [-0.25, -0.2) is 4.98 Å². The quantitative estimate of drug-likeness (QED) is 0.677. The van der Waals surface area contributed by atoms with Crippen LogP contribution < -0.4 is 0 Å². The lowest BCUT2D eigenvalue weighted by Crippen LogP contribution is -2.14. The third-order valence-electron chi connectivity index (χ3n) is 4.37. The second kappa shape index (κ2) is 8.70. The average molecular weight is 363 g/mol.